The molecular formula is C27H31Cl2N4O10P. The van der Waals surface area contributed by atoms with Crippen LogP contribution in [-0.2, 0) is 25.5 Å². The Morgan fingerprint density at radius 1 is 1.14 bits per heavy atom. The van der Waals surface area contributed by atoms with Gasteiger partial charge in [-0.3, -0.25) is 34.4 Å². The first-order chi connectivity index (χ1) is 20.5. The van der Waals surface area contributed by atoms with Crippen LogP contribution in [0.5, 0.6) is 11.5 Å². The Balaban J connectivity index is 0.000000240. The number of halogens is 2. The largest absolute Gasteiger partial charge is 0.480 e. The molecule has 0 unspecified atom stereocenters. The van der Waals surface area contributed by atoms with Crippen LogP contribution in [0.2, 0.25) is 10.0 Å². The van der Waals surface area contributed by atoms with Gasteiger partial charge in [0.05, 0.1) is 36.3 Å². The van der Waals surface area contributed by atoms with Crippen LogP contribution < -0.4 is 15.8 Å². The van der Waals surface area contributed by atoms with E-state index in [1.54, 1.807) is 24.3 Å². The number of rotatable bonds is 9. The van der Waals surface area contributed by atoms with Gasteiger partial charge in [-0.25, -0.2) is 5.06 Å². The van der Waals surface area contributed by atoms with Crippen molar-refractivity contribution in [3.05, 3.63) is 92.5 Å². The fourth-order valence-electron chi connectivity index (χ4n) is 3.32. The topological polar surface area (TPSA) is 215 Å². The number of ether oxygens (including phenoxy) is 1. The first-order valence-electron chi connectivity index (χ1n) is 12.6. The zero-order valence-corrected chi connectivity index (χ0v) is 26.0. The lowest BCUT2D eigenvalue weighted by Gasteiger charge is -2.16. The van der Waals surface area contributed by atoms with Crippen molar-refractivity contribution < 1.29 is 43.5 Å². The first kappa shape index (κ1) is 36.4. The van der Waals surface area contributed by atoms with Gasteiger partial charge in [0.25, 0.3) is 11.6 Å². The normalized spacial score (nSPS) is 13.7. The monoisotopic (exact) mass is 672 g/mol. The van der Waals surface area contributed by atoms with Gasteiger partial charge in [-0.05, 0) is 43.7 Å². The molecule has 1 aliphatic rings. The Hall–Kier alpha value is -3.75. The highest BCUT2D eigenvalue weighted by atomic mass is 35.5. The van der Waals surface area contributed by atoms with Crippen LogP contribution in [0.15, 0.2) is 66.7 Å². The number of nitrogens with one attached hydrogen (secondary N) is 1. The molecule has 0 radical (unpaired) electrons. The predicted molar refractivity (Wildman–Crippen MR) is 163 cm³/mol. The molecule has 238 valence electrons. The number of hydrogen-bond donors (Lipinski definition) is 5. The number of nitro benzene ring substituents is 1. The van der Waals surface area contributed by atoms with Gasteiger partial charge in [-0.1, -0.05) is 59.6 Å². The molecule has 17 heteroatoms. The third-order valence-corrected chi connectivity index (χ3v) is 6.94. The highest BCUT2D eigenvalue weighted by molar-refractivity contribution is 7.51. The maximum absolute atomic E-state index is 11.9. The molecule has 1 heterocycles. The minimum absolute atomic E-state index is 0.00687. The van der Waals surface area contributed by atoms with E-state index >= 15 is 0 Å². The summed E-state index contributed by atoms with van der Waals surface area (Å²) < 4.78 is 15.5. The molecule has 0 atom stereocenters. The quantitative estimate of drug-likeness (QED) is 0.0873. The van der Waals surface area contributed by atoms with Gasteiger partial charge in [0.1, 0.15) is 22.2 Å². The average Bonchev–Trinajstić information content (AvgIpc) is 3.19. The molecule has 0 saturated carbocycles. The Morgan fingerprint density at radius 2 is 1.75 bits per heavy atom. The maximum atomic E-state index is 11.9. The Labute approximate surface area is 262 Å². The molecule has 4 rings (SSSR count). The molecule has 6 N–H and O–H groups in total. The van der Waals surface area contributed by atoms with E-state index < -0.39 is 36.7 Å². The molecule has 1 aliphatic heterocycles. The summed E-state index contributed by atoms with van der Waals surface area (Å²) >= 11 is 12.0. The Bertz CT molecular complexity index is 1510. The SMILES string of the molecule is CC1(C)CON(Cc2ccccc2Cl)C1=O.Nc1c([N+](=O)[O-])ccc(Oc2ccccc2)c1Cl.O=C(O)CNCP(=O)(O)O. The second-order valence-electron chi connectivity index (χ2n) is 9.72. The van der Waals surface area contributed by atoms with Crippen molar-refractivity contribution in [2.24, 2.45) is 5.41 Å². The van der Waals surface area contributed by atoms with Crippen molar-refractivity contribution in [3.8, 4) is 11.5 Å². The van der Waals surface area contributed by atoms with E-state index in [-0.39, 0.29) is 28.1 Å². The van der Waals surface area contributed by atoms with Crippen molar-refractivity contribution >= 4 is 54.0 Å². The van der Waals surface area contributed by atoms with E-state index in [0.717, 1.165) is 5.56 Å². The van der Waals surface area contributed by atoms with E-state index in [2.05, 4.69) is 5.32 Å². The minimum atomic E-state index is -4.10. The molecule has 14 nitrogen and oxygen atoms in total. The molecule has 3 aromatic rings. The van der Waals surface area contributed by atoms with E-state index in [0.29, 0.717) is 23.9 Å². The number of nitrogen functional groups attached to an aromatic ring is 1. The number of benzene rings is 3. The number of para-hydroxylation sites is 1. The molecule has 3 aromatic carbocycles. The average molecular weight is 673 g/mol. The van der Waals surface area contributed by atoms with E-state index in [4.69, 9.17) is 53.4 Å². The van der Waals surface area contributed by atoms with Crippen LogP contribution in [0.1, 0.15) is 19.4 Å². The van der Waals surface area contributed by atoms with Crippen molar-refractivity contribution in [3.63, 3.8) is 0 Å². The number of nitrogens with two attached hydrogens (primary N) is 1. The number of aliphatic carboxylic acids is 1. The van der Waals surface area contributed by atoms with Gasteiger partial charge in [-0.15, -0.1) is 0 Å². The number of anilines is 1. The van der Waals surface area contributed by atoms with Crippen molar-refractivity contribution in [1.29, 1.82) is 0 Å². The van der Waals surface area contributed by atoms with E-state index in [1.165, 1.54) is 17.2 Å². The number of carbonyl (C=O) groups excluding carboxylic acids is 1. The molecule has 0 spiro atoms. The highest BCUT2D eigenvalue weighted by Crippen LogP contribution is 2.39. The summed E-state index contributed by atoms with van der Waals surface area (Å²) in [5, 5.41) is 22.8. The number of hydrogen-bond acceptors (Lipinski definition) is 9. The lowest BCUT2D eigenvalue weighted by atomic mass is 9.95. The zero-order chi connectivity index (χ0) is 33.1. The number of nitrogens with zero attached hydrogens (tertiary/aromatic N) is 2. The predicted octanol–water partition coefficient (Wildman–Crippen LogP) is 5.06. The van der Waals surface area contributed by atoms with Crippen LogP contribution in [0.3, 0.4) is 0 Å². The van der Waals surface area contributed by atoms with Crippen LogP contribution >= 0.6 is 30.8 Å². The summed E-state index contributed by atoms with van der Waals surface area (Å²) in [4.78, 5) is 53.5. The Morgan fingerprint density at radius 3 is 2.27 bits per heavy atom. The van der Waals surface area contributed by atoms with Crippen molar-refractivity contribution in [2.75, 3.05) is 25.2 Å². The standard InChI is InChI=1S/C12H9ClN2O3.C12H14ClNO2.C3H8NO5P/c13-11-10(18-8-4-2-1-3-5-8)7-6-9(12(11)14)15(16)17;1-12(2)8-16-14(11(12)15)7-9-5-3-4-6-10(9)13;5-3(6)1-4-2-10(7,8)9/h1-7H,14H2;3-6H,7-8H2,1-2H3;4H,1-2H2,(H,5,6)(H2,7,8,9). The van der Waals surface area contributed by atoms with Crippen molar-refractivity contribution in [2.45, 2.75) is 20.4 Å². The summed E-state index contributed by atoms with van der Waals surface area (Å²) in [7, 11) is -4.10. The van der Waals surface area contributed by atoms with Crippen LogP contribution in [-0.4, -0.2) is 56.2 Å². The number of amides is 1. The van der Waals surface area contributed by atoms with Gasteiger partial charge in [0.2, 0.25) is 0 Å². The number of carboxylic acids is 1. The molecule has 1 amide bonds. The lowest BCUT2D eigenvalue weighted by Crippen LogP contribution is -2.30. The number of nitro groups is 1. The van der Waals surface area contributed by atoms with Gasteiger partial charge in [0.15, 0.2) is 0 Å². The lowest BCUT2D eigenvalue weighted by molar-refractivity contribution is -0.383. The first-order valence-corrected chi connectivity index (χ1v) is 15.2. The zero-order valence-electron chi connectivity index (χ0n) is 23.6. The fourth-order valence-corrected chi connectivity index (χ4v) is 4.12. The highest BCUT2D eigenvalue weighted by Gasteiger charge is 2.40. The van der Waals surface area contributed by atoms with Gasteiger partial charge >= 0.3 is 13.6 Å². The maximum Gasteiger partial charge on any atom is 0.339 e. The summed E-state index contributed by atoms with van der Waals surface area (Å²) in [6.45, 7) is 4.15. The van der Waals surface area contributed by atoms with Gasteiger partial charge in [0, 0.05) is 11.1 Å². The van der Waals surface area contributed by atoms with Crippen LogP contribution in [0.25, 0.3) is 0 Å². The number of carboxylic acid groups (broad SMARTS) is 1. The third-order valence-electron chi connectivity index (χ3n) is 5.54. The molecule has 44 heavy (non-hydrogen) atoms. The summed E-state index contributed by atoms with van der Waals surface area (Å²) in [6, 6.07) is 19.1. The van der Waals surface area contributed by atoms with Crippen LogP contribution in [0.4, 0.5) is 11.4 Å². The molecular weight excluding hydrogens is 642 g/mol. The van der Waals surface area contributed by atoms with Gasteiger partial charge < -0.3 is 25.4 Å². The van der Waals surface area contributed by atoms with Crippen LogP contribution in [0, 0.1) is 15.5 Å². The molecule has 0 aromatic heterocycles. The molecule has 0 bridgehead atoms. The molecule has 1 saturated heterocycles. The van der Waals surface area contributed by atoms with Gasteiger partial charge in [-0.2, -0.15) is 0 Å². The second kappa shape index (κ2) is 16.4. The fraction of sp³-hybridized carbons (Fsp3) is 0.259. The number of hydroxylamine groups is 2. The van der Waals surface area contributed by atoms with E-state index in [9.17, 15) is 24.3 Å². The Kier molecular flexibility index (Phi) is 13.5. The second-order valence-corrected chi connectivity index (χ2v) is 12.1. The number of carbonyl (C=O) groups is 2. The molecule has 0 aliphatic carbocycles. The minimum Gasteiger partial charge on any atom is -0.480 e. The summed E-state index contributed by atoms with van der Waals surface area (Å²) in [5.74, 6) is -0.278. The smallest absolute Gasteiger partial charge is 0.339 e. The van der Waals surface area contributed by atoms with Crippen molar-refractivity contribution in [1.82, 2.24) is 10.4 Å². The third kappa shape index (κ3) is 11.7. The summed E-state index contributed by atoms with van der Waals surface area (Å²) in [5.41, 5.74) is 5.72. The summed E-state index contributed by atoms with van der Waals surface area (Å²) in [6.07, 6.45) is -0.598. The molecule has 1 fully saturated rings. The van der Waals surface area contributed by atoms with E-state index in [1.807, 2.05) is 44.2 Å².